The summed E-state index contributed by atoms with van der Waals surface area (Å²) in [5, 5.41) is 0. The molecule has 0 saturated carbocycles. The normalized spacial score (nSPS) is 13.5. The molecule has 0 amide bonds. The number of H-pyrrole nitrogens is 1. The molecule has 4 nitrogen and oxygen atoms in total. The third-order valence-corrected chi connectivity index (χ3v) is 5.67. The Morgan fingerprint density at radius 1 is 1.12 bits per heavy atom. The highest BCUT2D eigenvalue weighted by atomic mass is 32.2. The van der Waals surface area contributed by atoms with Gasteiger partial charge in [-0.1, -0.05) is 42.0 Å². The fourth-order valence-electron chi connectivity index (χ4n) is 3.19. The zero-order valence-corrected chi connectivity index (χ0v) is 15.6. The van der Waals surface area contributed by atoms with E-state index in [1.165, 1.54) is 21.6 Å². The van der Waals surface area contributed by atoms with Crippen LogP contribution < -0.4 is 10.5 Å². The molecule has 2 aromatic carbocycles. The number of aromatic amines is 1. The van der Waals surface area contributed by atoms with Crippen LogP contribution in [-0.4, -0.2) is 16.5 Å². The van der Waals surface area contributed by atoms with Crippen molar-refractivity contribution >= 4 is 17.7 Å². The highest BCUT2D eigenvalue weighted by molar-refractivity contribution is 7.98. The van der Waals surface area contributed by atoms with E-state index >= 15 is 0 Å². The summed E-state index contributed by atoms with van der Waals surface area (Å²) in [6.07, 6.45) is 0.974. The smallest absolute Gasteiger partial charge is 0.252 e. The minimum Gasteiger partial charge on any atom is -0.338 e. The number of nitrogens with zero attached hydrogens (tertiary/aromatic N) is 2. The van der Waals surface area contributed by atoms with Crippen molar-refractivity contribution in [3.63, 3.8) is 0 Å². The highest BCUT2D eigenvalue weighted by Gasteiger charge is 2.18. The molecule has 0 saturated heterocycles. The van der Waals surface area contributed by atoms with E-state index in [4.69, 9.17) is 4.98 Å². The molecule has 0 bridgehead atoms. The first-order valence-corrected chi connectivity index (χ1v) is 9.77. The SMILES string of the molecule is Cc1ccc(SCc2cc(=O)[nH]c(N3CCc4ccccc4C3)n2)cc1. The third-order valence-electron chi connectivity index (χ3n) is 4.62. The van der Waals surface area contributed by atoms with Crippen molar-refractivity contribution in [3.8, 4) is 0 Å². The van der Waals surface area contributed by atoms with E-state index in [1.807, 2.05) is 0 Å². The van der Waals surface area contributed by atoms with Crippen molar-refractivity contribution in [2.75, 3.05) is 11.4 Å². The molecule has 0 radical (unpaired) electrons. The quantitative estimate of drug-likeness (QED) is 0.714. The van der Waals surface area contributed by atoms with Gasteiger partial charge in [-0.3, -0.25) is 9.78 Å². The summed E-state index contributed by atoms with van der Waals surface area (Å²) < 4.78 is 0. The first kappa shape index (κ1) is 16.9. The molecule has 0 unspecified atom stereocenters. The van der Waals surface area contributed by atoms with Crippen LogP contribution in [0.3, 0.4) is 0 Å². The number of thioether (sulfide) groups is 1. The van der Waals surface area contributed by atoms with Crippen LogP contribution >= 0.6 is 11.8 Å². The molecule has 5 heteroatoms. The number of benzene rings is 2. The number of hydrogen-bond donors (Lipinski definition) is 1. The number of rotatable bonds is 4. The molecule has 2 heterocycles. The van der Waals surface area contributed by atoms with Gasteiger partial charge in [-0.05, 0) is 36.6 Å². The molecule has 3 aromatic rings. The molecular weight excluding hydrogens is 342 g/mol. The molecule has 0 aliphatic carbocycles. The lowest BCUT2D eigenvalue weighted by Gasteiger charge is -2.29. The summed E-state index contributed by atoms with van der Waals surface area (Å²) >= 11 is 1.70. The molecule has 1 aliphatic rings. The first-order valence-electron chi connectivity index (χ1n) is 8.79. The lowest BCUT2D eigenvalue weighted by molar-refractivity contribution is 0.703. The van der Waals surface area contributed by atoms with Crippen LogP contribution in [0.2, 0.25) is 0 Å². The van der Waals surface area contributed by atoms with E-state index in [1.54, 1.807) is 17.8 Å². The van der Waals surface area contributed by atoms with Crippen LogP contribution in [0, 0.1) is 6.92 Å². The molecule has 1 N–H and O–H groups in total. The van der Waals surface area contributed by atoms with E-state index in [9.17, 15) is 4.79 Å². The van der Waals surface area contributed by atoms with Crippen molar-refractivity contribution in [2.24, 2.45) is 0 Å². The summed E-state index contributed by atoms with van der Waals surface area (Å²) in [4.78, 5) is 23.1. The average Bonchev–Trinajstić information content (AvgIpc) is 2.67. The summed E-state index contributed by atoms with van der Waals surface area (Å²) in [7, 11) is 0. The van der Waals surface area contributed by atoms with Gasteiger partial charge < -0.3 is 4.90 Å². The maximum absolute atomic E-state index is 12.1. The van der Waals surface area contributed by atoms with Crippen molar-refractivity contribution < 1.29 is 0 Å². The van der Waals surface area contributed by atoms with E-state index in [0.29, 0.717) is 11.7 Å². The summed E-state index contributed by atoms with van der Waals surface area (Å²) in [5.41, 5.74) is 4.66. The predicted molar refractivity (Wildman–Crippen MR) is 107 cm³/mol. The van der Waals surface area contributed by atoms with Crippen molar-refractivity contribution in [3.05, 3.63) is 87.3 Å². The molecule has 1 aliphatic heterocycles. The number of hydrogen-bond acceptors (Lipinski definition) is 4. The Morgan fingerprint density at radius 2 is 1.88 bits per heavy atom. The Bertz CT molecular complexity index is 965. The number of nitrogens with one attached hydrogen (secondary N) is 1. The predicted octanol–water partition coefficient (Wildman–Crippen LogP) is 3.93. The van der Waals surface area contributed by atoms with Crippen molar-refractivity contribution in [1.29, 1.82) is 0 Å². The summed E-state index contributed by atoms with van der Waals surface area (Å²) in [6, 6.07) is 18.5. The maximum Gasteiger partial charge on any atom is 0.252 e. The van der Waals surface area contributed by atoms with Crippen molar-refractivity contribution in [2.45, 2.75) is 30.5 Å². The van der Waals surface area contributed by atoms with Crippen LogP contribution in [0.15, 0.2) is 64.3 Å². The lowest BCUT2D eigenvalue weighted by atomic mass is 10.0. The Kier molecular flexibility index (Phi) is 4.80. The third kappa shape index (κ3) is 3.83. The van der Waals surface area contributed by atoms with E-state index in [2.05, 4.69) is 65.3 Å². The molecule has 4 rings (SSSR count). The highest BCUT2D eigenvalue weighted by Crippen LogP contribution is 2.24. The molecular formula is C21H21N3OS. The Labute approximate surface area is 157 Å². The Morgan fingerprint density at radius 3 is 2.69 bits per heavy atom. The standard InChI is InChI=1S/C21H21N3OS/c1-15-6-8-19(9-7-15)26-14-18-12-20(25)23-21(22-18)24-11-10-16-4-2-3-5-17(16)13-24/h2-9,12H,10-11,13-14H2,1H3,(H,22,23,25). The van der Waals surface area contributed by atoms with Gasteiger partial charge in [0.05, 0.1) is 5.69 Å². The Hall–Kier alpha value is -2.53. The average molecular weight is 363 g/mol. The molecule has 26 heavy (non-hydrogen) atoms. The van der Waals surface area contributed by atoms with Gasteiger partial charge in [-0.25, -0.2) is 4.98 Å². The number of aryl methyl sites for hydroxylation is 1. The first-order chi connectivity index (χ1) is 12.7. The molecule has 132 valence electrons. The van der Waals surface area contributed by atoms with Crippen LogP contribution in [0.4, 0.5) is 5.95 Å². The Balaban J connectivity index is 1.51. The van der Waals surface area contributed by atoms with Gasteiger partial charge in [0.1, 0.15) is 0 Å². The zero-order chi connectivity index (χ0) is 17.9. The van der Waals surface area contributed by atoms with E-state index in [-0.39, 0.29) is 5.56 Å². The second kappa shape index (κ2) is 7.38. The van der Waals surface area contributed by atoms with Crippen LogP contribution in [0.5, 0.6) is 0 Å². The molecule has 0 spiro atoms. The fourth-order valence-corrected chi connectivity index (χ4v) is 3.98. The van der Waals surface area contributed by atoms with Gasteiger partial charge in [-0.15, -0.1) is 11.8 Å². The van der Waals surface area contributed by atoms with Gasteiger partial charge in [0.25, 0.3) is 5.56 Å². The van der Waals surface area contributed by atoms with Gasteiger partial charge in [0.15, 0.2) is 0 Å². The summed E-state index contributed by atoms with van der Waals surface area (Å²) in [5.74, 6) is 1.36. The lowest BCUT2D eigenvalue weighted by Crippen LogP contribution is -2.33. The number of fused-ring (bicyclic) bond motifs is 1. The minimum absolute atomic E-state index is 0.0895. The second-order valence-electron chi connectivity index (χ2n) is 6.60. The van der Waals surface area contributed by atoms with Gasteiger partial charge in [0.2, 0.25) is 5.95 Å². The topological polar surface area (TPSA) is 49.0 Å². The second-order valence-corrected chi connectivity index (χ2v) is 7.65. The number of aromatic nitrogens is 2. The minimum atomic E-state index is -0.0895. The van der Waals surface area contributed by atoms with Gasteiger partial charge in [0, 0.05) is 29.8 Å². The van der Waals surface area contributed by atoms with Crippen LogP contribution in [-0.2, 0) is 18.7 Å². The maximum atomic E-state index is 12.1. The van der Waals surface area contributed by atoms with Crippen LogP contribution in [0.25, 0.3) is 0 Å². The molecule has 0 atom stereocenters. The fraction of sp³-hybridized carbons (Fsp3) is 0.238. The van der Waals surface area contributed by atoms with Crippen LogP contribution in [0.1, 0.15) is 22.4 Å². The largest absolute Gasteiger partial charge is 0.338 e. The van der Waals surface area contributed by atoms with Gasteiger partial charge >= 0.3 is 0 Å². The molecule has 1 aromatic heterocycles. The monoisotopic (exact) mass is 363 g/mol. The number of anilines is 1. The van der Waals surface area contributed by atoms with Crippen molar-refractivity contribution in [1.82, 2.24) is 9.97 Å². The van der Waals surface area contributed by atoms with E-state index < -0.39 is 0 Å². The van der Waals surface area contributed by atoms with E-state index in [0.717, 1.165) is 25.2 Å². The zero-order valence-electron chi connectivity index (χ0n) is 14.7. The molecule has 0 fully saturated rings. The van der Waals surface area contributed by atoms with Gasteiger partial charge in [-0.2, -0.15) is 0 Å². The summed E-state index contributed by atoms with van der Waals surface area (Å²) in [6.45, 7) is 3.73.